The minimum Gasteiger partial charge on any atom is -0.495 e. The lowest BCUT2D eigenvalue weighted by Crippen LogP contribution is -2.13. The van der Waals surface area contributed by atoms with Crippen LogP contribution in [-0.4, -0.2) is 24.1 Å². The molecule has 0 aliphatic rings. The van der Waals surface area contributed by atoms with E-state index in [0.717, 1.165) is 0 Å². The molecule has 7 heteroatoms. The van der Waals surface area contributed by atoms with Crippen LogP contribution in [0.15, 0.2) is 48.0 Å². The summed E-state index contributed by atoms with van der Waals surface area (Å²) < 4.78 is 5.03. The predicted octanol–water partition coefficient (Wildman–Crippen LogP) is 3.59. The Morgan fingerprint density at radius 1 is 1.24 bits per heavy atom. The third kappa shape index (κ3) is 4.59. The molecule has 2 aromatic carbocycles. The molecule has 0 fully saturated rings. The molecule has 2 aromatic rings. The minimum absolute atomic E-state index is 0.119. The normalized spacial score (nSPS) is 10.7. The summed E-state index contributed by atoms with van der Waals surface area (Å²) in [5.74, 6) is -1.19. The van der Waals surface area contributed by atoms with E-state index in [4.69, 9.17) is 21.4 Å². The predicted molar refractivity (Wildman–Crippen MR) is 93.6 cm³/mol. The molecule has 0 aromatic heterocycles. The van der Waals surface area contributed by atoms with E-state index < -0.39 is 11.9 Å². The van der Waals surface area contributed by atoms with Gasteiger partial charge in [-0.25, -0.2) is 4.79 Å². The average Bonchev–Trinajstić information content (AvgIpc) is 2.60. The maximum absolute atomic E-state index is 12.2. The van der Waals surface area contributed by atoms with Gasteiger partial charge in [0.05, 0.1) is 17.7 Å². The molecule has 1 amide bonds. The van der Waals surface area contributed by atoms with E-state index in [9.17, 15) is 14.9 Å². The molecule has 0 heterocycles. The summed E-state index contributed by atoms with van der Waals surface area (Å²) in [6.45, 7) is 0. The Labute approximate surface area is 148 Å². The highest BCUT2D eigenvalue weighted by molar-refractivity contribution is 6.32. The first kappa shape index (κ1) is 18.0. The van der Waals surface area contributed by atoms with Crippen LogP contribution in [0.4, 0.5) is 5.69 Å². The van der Waals surface area contributed by atoms with Gasteiger partial charge < -0.3 is 15.2 Å². The fraction of sp³-hybridized carbons (Fsp3) is 0.0556. The highest BCUT2D eigenvalue weighted by Gasteiger charge is 2.11. The van der Waals surface area contributed by atoms with Crippen molar-refractivity contribution in [3.8, 4) is 11.8 Å². The fourth-order valence-electron chi connectivity index (χ4n) is 1.98. The molecule has 0 radical (unpaired) electrons. The number of carbonyl (C=O) groups excluding carboxylic acids is 1. The molecule has 0 atom stereocenters. The first-order chi connectivity index (χ1) is 11.9. The van der Waals surface area contributed by atoms with Crippen LogP contribution in [0.5, 0.6) is 5.75 Å². The quantitative estimate of drug-likeness (QED) is 0.630. The molecule has 0 aliphatic carbocycles. The van der Waals surface area contributed by atoms with Gasteiger partial charge in [-0.1, -0.05) is 23.7 Å². The molecule has 2 rings (SSSR count). The van der Waals surface area contributed by atoms with Crippen LogP contribution in [0.3, 0.4) is 0 Å². The molecular formula is C18H13ClN2O4. The number of halogens is 1. The lowest BCUT2D eigenvalue weighted by Gasteiger charge is -2.07. The van der Waals surface area contributed by atoms with Gasteiger partial charge in [-0.15, -0.1) is 0 Å². The van der Waals surface area contributed by atoms with Crippen molar-refractivity contribution in [1.29, 1.82) is 5.26 Å². The Balaban J connectivity index is 2.19. The summed E-state index contributed by atoms with van der Waals surface area (Å²) in [5.41, 5.74) is 0.936. The summed E-state index contributed by atoms with van der Waals surface area (Å²) in [6, 6.07) is 12.3. The fourth-order valence-corrected chi connectivity index (χ4v) is 2.24. The van der Waals surface area contributed by atoms with Crippen LogP contribution < -0.4 is 10.1 Å². The van der Waals surface area contributed by atoms with E-state index in [1.165, 1.54) is 43.5 Å². The van der Waals surface area contributed by atoms with Crippen molar-refractivity contribution in [3.05, 3.63) is 64.2 Å². The molecule has 0 saturated carbocycles. The van der Waals surface area contributed by atoms with Gasteiger partial charge in [-0.05, 0) is 42.0 Å². The lowest BCUT2D eigenvalue weighted by atomic mass is 10.1. The minimum atomic E-state index is -1.05. The number of carboxylic acids is 1. The van der Waals surface area contributed by atoms with Crippen molar-refractivity contribution >= 4 is 35.2 Å². The first-order valence-corrected chi connectivity index (χ1v) is 7.42. The second kappa shape index (κ2) is 7.99. The molecule has 126 valence electrons. The summed E-state index contributed by atoms with van der Waals surface area (Å²) >= 11 is 5.99. The van der Waals surface area contributed by atoms with Gasteiger partial charge in [0.1, 0.15) is 17.4 Å². The maximum Gasteiger partial charge on any atom is 0.335 e. The lowest BCUT2D eigenvalue weighted by molar-refractivity contribution is -0.112. The van der Waals surface area contributed by atoms with Gasteiger partial charge >= 0.3 is 5.97 Å². The van der Waals surface area contributed by atoms with Crippen LogP contribution in [0.2, 0.25) is 5.02 Å². The molecule has 0 saturated heterocycles. The highest BCUT2D eigenvalue weighted by atomic mass is 35.5. The first-order valence-electron chi connectivity index (χ1n) is 7.04. The Hall–Kier alpha value is -3.30. The van der Waals surface area contributed by atoms with Gasteiger partial charge in [-0.3, -0.25) is 4.79 Å². The van der Waals surface area contributed by atoms with E-state index in [1.54, 1.807) is 12.1 Å². The van der Waals surface area contributed by atoms with Crippen molar-refractivity contribution in [2.75, 3.05) is 12.4 Å². The van der Waals surface area contributed by atoms with E-state index in [1.807, 2.05) is 6.07 Å². The van der Waals surface area contributed by atoms with E-state index >= 15 is 0 Å². The summed E-state index contributed by atoms with van der Waals surface area (Å²) in [5, 5.41) is 21.0. The largest absolute Gasteiger partial charge is 0.495 e. The average molecular weight is 357 g/mol. The molecule has 0 bridgehead atoms. The van der Waals surface area contributed by atoms with Gasteiger partial charge in [0.15, 0.2) is 0 Å². The summed E-state index contributed by atoms with van der Waals surface area (Å²) in [4.78, 5) is 23.0. The van der Waals surface area contributed by atoms with Gasteiger partial charge in [0.25, 0.3) is 5.91 Å². The number of nitrogens with zero attached hydrogens (tertiary/aromatic N) is 1. The summed E-state index contributed by atoms with van der Waals surface area (Å²) in [6.07, 6.45) is 1.37. The zero-order valence-corrected chi connectivity index (χ0v) is 13.9. The second-order valence-electron chi connectivity index (χ2n) is 4.90. The van der Waals surface area contributed by atoms with Crippen LogP contribution in [0, 0.1) is 11.3 Å². The second-order valence-corrected chi connectivity index (χ2v) is 5.31. The summed E-state index contributed by atoms with van der Waals surface area (Å²) in [7, 11) is 1.48. The van der Waals surface area contributed by atoms with Gasteiger partial charge in [0.2, 0.25) is 0 Å². The Bertz CT molecular complexity index is 883. The number of hydrogen-bond donors (Lipinski definition) is 2. The number of benzene rings is 2. The van der Waals surface area contributed by atoms with Crippen molar-refractivity contribution in [1.82, 2.24) is 0 Å². The zero-order valence-electron chi connectivity index (χ0n) is 13.1. The topological polar surface area (TPSA) is 99.4 Å². The number of aromatic carboxylic acids is 1. The molecule has 0 spiro atoms. The maximum atomic E-state index is 12.2. The van der Waals surface area contributed by atoms with Crippen molar-refractivity contribution in [2.24, 2.45) is 0 Å². The highest BCUT2D eigenvalue weighted by Crippen LogP contribution is 2.27. The smallest absolute Gasteiger partial charge is 0.335 e. The van der Waals surface area contributed by atoms with E-state index in [0.29, 0.717) is 22.0 Å². The number of rotatable bonds is 5. The number of ether oxygens (including phenoxy) is 1. The molecule has 6 nitrogen and oxygen atoms in total. The van der Waals surface area contributed by atoms with Crippen LogP contribution in [-0.2, 0) is 4.79 Å². The number of nitriles is 1. The van der Waals surface area contributed by atoms with Crippen LogP contribution in [0.1, 0.15) is 15.9 Å². The third-order valence-corrected chi connectivity index (χ3v) is 3.54. The van der Waals surface area contributed by atoms with Crippen LogP contribution in [0.25, 0.3) is 6.08 Å². The standard InChI is InChI=1S/C18H13ClN2O4/c1-25-16-7-6-14(9-15(16)19)21-17(22)13(10-20)8-11-2-4-12(5-3-11)18(23)24/h2-9H,1H3,(H,21,22)(H,23,24). The van der Waals surface area contributed by atoms with Gasteiger partial charge in [0, 0.05) is 5.69 Å². The Kier molecular flexibility index (Phi) is 5.77. The number of nitrogens with one attached hydrogen (secondary N) is 1. The zero-order chi connectivity index (χ0) is 18.4. The number of amides is 1. The van der Waals surface area contributed by atoms with Crippen molar-refractivity contribution in [2.45, 2.75) is 0 Å². The molecule has 2 N–H and O–H groups in total. The number of methoxy groups -OCH3 is 1. The number of carbonyl (C=O) groups is 2. The molecule has 25 heavy (non-hydrogen) atoms. The molecular weight excluding hydrogens is 344 g/mol. The van der Waals surface area contributed by atoms with Gasteiger partial charge in [-0.2, -0.15) is 5.26 Å². The van der Waals surface area contributed by atoms with E-state index in [-0.39, 0.29) is 11.1 Å². The van der Waals surface area contributed by atoms with Crippen molar-refractivity contribution < 1.29 is 19.4 Å². The molecule has 0 aliphatic heterocycles. The number of anilines is 1. The SMILES string of the molecule is COc1ccc(NC(=O)C(C#N)=Cc2ccc(C(=O)O)cc2)cc1Cl. The number of carboxylic acid groups (broad SMARTS) is 1. The van der Waals surface area contributed by atoms with E-state index in [2.05, 4.69) is 5.32 Å². The molecule has 0 unspecified atom stereocenters. The Morgan fingerprint density at radius 2 is 1.92 bits per heavy atom. The number of hydrogen-bond acceptors (Lipinski definition) is 4. The van der Waals surface area contributed by atoms with Crippen molar-refractivity contribution in [3.63, 3.8) is 0 Å². The Morgan fingerprint density at radius 3 is 2.44 bits per heavy atom. The monoisotopic (exact) mass is 356 g/mol. The third-order valence-electron chi connectivity index (χ3n) is 3.24. The van der Waals surface area contributed by atoms with Crippen LogP contribution >= 0.6 is 11.6 Å².